The first-order valence-electron chi connectivity index (χ1n) is 5.37. The molecule has 1 saturated heterocycles. The van der Waals surface area contributed by atoms with Crippen molar-refractivity contribution in [1.82, 2.24) is 5.32 Å². The Hall–Kier alpha value is -1.47. The van der Waals surface area contributed by atoms with Crippen molar-refractivity contribution in [3.8, 4) is 11.5 Å². The van der Waals surface area contributed by atoms with Crippen LogP contribution in [-0.4, -0.2) is 25.4 Å². The van der Waals surface area contributed by atoms with E-state index in [2.05, 4.69) is 10.1 Å². The van der Waals surface area contributed by atoms with Crippen LogP contribution in [0.15, 0.2) is 12.1 Å². The average Bonchev–Trinajstić information content (AvgIpc) is 2.78. The molecule has 20 heavy (non-hydrogen) atoms. The molecule has 2 aliphatic rings. The lowest BCUT2D eigenvalue weighted by Gasteiger charge is -2.32. The first-order valence-corrected chi connectivity index (χ1v) is 5.75. The summed E-state index contributed by atoms with van der Waals surface area (Å²) in [4.78, 5) is 11.1. The number of alkyl carbamates (subject to hydrolysis) is 1. The van der Waals surface area contributed by atoms with Crippen molar-refractivity contribution in [1.29, 1.82) is 0 Å². The maximum atomic E-state index is 13.8. The Labute approximate surface area is 123 Å². The molecule has 3 rings (SSSR count). The predicted octanol–water partition coefficient (Wildman–Crippen LogP) is 2.91. The number of carbonyl (C=O) groups excluding carboxylic acids is 1. The quantitative estimate of drug-likeness (QED) is 0.861. The number of amides is 1. The number of ether oxygens (including phenoxy) is 3. The zero-order valence-electron chi connectivity index (χ0n) is 9.82. The van der Waals surface area contributed by atoms with Gasteiger partial charge in [-0.15, -0.1) is 12.4 Å². The topological polar surface area (TPSA) is 56.8 Å². The van der Waals surface area contributed by atoms with Crippen molar-refractivity contribution in [2.24, 2.45) is 0 Å². The molecule has 110 valence electrons. The molecule has 0 spiro atoms. The summed E-state index contributed by atoms with van der Waals surface area (Å²) in [7, 11) is 0. The van der Waals surface area contributed by atoms with E-state index >= 15 is 0 Å². The highest BCUT2D eigenvalue weighted by atomic mass is 35.5. The SMILES string of the molecule is Cl.O=C1N[C@H](c2cc3c(cc2Cl)OCO3)C(F)(F)CO1. The van der Waals surface area contributed by atoms with Crippen molar-refractivity contribution < 1.29 is 27.8 Å². The molecule has 5 nitrogen and oxygen atoms in total. The minimum absolute atomic E-state index is 0. The fraction of sp³-hybridized carbons (Fsp3) is 0.364. The number of halogens is 4. The zero-order chi connectivity index (χ0) is 13.6. The highest BCUT2D eigenvalue weighted by Crippen LogP contribution is 2.43. The van der Waals surface area contributed by atoms with Crippen LogP contribution >= 0.6 is 24.0 Å². The summed E-state index contributed by atoms with van der Waals surface area (Å²) in [5.74, 6) is -2.56. The van der Waals surface area contributed by atoms with E-state index in [1.54, 1.807) is 0 Å². The Morgan fingerprint density at radius 2 is 1.90 bits per heavy atom. The third kappa shape index (κ3) is 2.43. The molecule has 1 N–H and O–H groups in total. The van der Waals surface area contributed by atoms with Gasteiger partial charge in [0.1, 0.15) is 6.04 Å². The molecule has 0 aromatic heterocycles. The van der Waals surface area contributed by atoms with Crippen molar-refractivity contribution in [3.05, 3.63) is 22.7 Å². The van der Waals surface area contributed by atoms with Crippen molar-refractivity contribution >= 4 is 30.1 Å². The van der Waals surface area contributed by atoms with Crippen molar-refractivity contribution in [3.63, 3.8) is 0 Å². The lowest BCUT2D eigenvalue weighted by Crippen LogP contribution is -2.49. The molecule has 2 heterocycles. The summed E-state index contributed by atoms with van der Waals surface area (Å²) in [6.45, 7) is -0.986. The van der Waals surface area contributed by atoms with E-state index in [9.17, 15) is 13.6 Å². The second kappa shape index (κ2) is 5.14. The zero-order valence-corrected chi connectivity index (χ0v) is 11.4. The fourth-order valence-electron chi connectivity index (χ4n) is 1.97. The molecule has 0 radical (unpaired) electrons. The number of benzene rings is 1. The van der Waals surface area contributed by atoms with E-state index in [4.69, 9.17) is 21.1 Å². The molecule has 1 amide bonds. The lowest BCUT2D eigenvalue weighted by molar-refractivity contribution is -0.104. The van der Waals surface area contributed by atoms with Crippen LogP contribution < -0.4 is 14.8 Å². The molecule has 1 aromatic carbocycles. The standard InChI is InChI=1S/C11H8ClF2NO4.ClH/c12-6-2-8-7(18-4-19-8)1-5(6)9-11(13,14)3-17-10(16)15-9;/h1-2,9H,3-4H2,(H,15,16);1H/t9-;/m1./s1. The molecule has 2 aliphatic heterocycles. The van der Waals surface area contributed by atoms with Crippen LogP contribution in [-0.2, 0) is 4.74 Å². The van der Waals surface area contributed by atoms with Crippen LogP contribution in [0.3, 0.4) is 0 Å². The molecule has 1 atom stereocenters. The molecule has 1 aromatic rings. The van der Waals surface area contributed by atoms with Gasteiger partial charge >= 0.3 is 12.0 Å². The van der Waals surface area contributed by atoms with Gasteiger partial charge in [0.15, 0.2) is 18.1 Å². The van der Waals surface area contributed by atoms with E-state index in [-0.39, 0.29) is 29.8 Å². The van der Waals surface area contributed by atoms with Gasteiger partial charge in [-0.05, 0) is 6.07 Å². The summed E-state index contributed by atoms with van der Waals surface area (Å²) < 4.78 is 42.1. The van der Waals surface area contributed by atoms with Crippen LogP contribution in [0.4, 0.5) is 13.6 Å². The fourth-order valence-corrected chi connectivity index (χ4v) is 2.23. The Morgan fingerprint density at radius 1 is 1.25 bits per heavy atom. The smallest absolute Gasteiger partial charge is 0.408 e. The Bertz CT molecular complexity index is 555. The molecule has 0 saturated carbocycles. The van der Waals surface area contributed by atoms with Gasteiger partial charge in [-0.1, -0.05) is 11.6 Å². The van der Waals surface area contributed by atoms with Gasteiger partial charge in [0.05, 0.1) is 5.02 Å². The van der Waals surface area contributed by atoms with E-state index < -0.39 is 24.7 Å². The first-order chi connectivity index (χ1) is 8.97. The van der Waals surface area contributed by atoms with Gasteiger partial charge in [-0.3, -0.25) is 0 Å². The van der Waals surface area contributed by atoms with Gasteiger partial charge in [-0.2, -0.15) is 0 Å². The molecule has 0 bridgehead atoms. The number of alkyl halides is 2. The summed E-state index contributed by atoms with van der Waals surface area (Å²) >= 11 is 5.96. The van der Waals surface area contributed by atoms with Gasteiger partial charge in [-0.25, -0.2) is 13.6 Å². The minimum atomic E-state index is -3.26. The Balaban J connectivity index is 0.00000147. The van der Waals surface area contributed by atoms with Crippen molar-refractivity contribution in [2.45, 2.75) is 12.0 Å². The molecule has 9 heteroatoms. The maximum Gasteiger partial charge on any atom is 0.408 e. The van der Waals surface area contributed by atoms with Crippen LogP contribution in [0.2, 0.25) is 5.02 Å². The molecular formula is C11H9Cl2F2NO4. The lowest BCUT2D eigenvalue weighted by atomic mass is 9.99. The average molecular weight is 328 g/mol. The summed E-state index contributed by atoms with van der Waals surface area (Å²) in [6, 6.07) is 1.17. The monoisotopic (exact) mass is 327 g/mol. The number of hydrogen-bond acceptors (Lipinski definition) is 4. The highest BCUT2D eigenvalue weighted by Gasteiger charge is 2.48. The predicted molar refractivity (Wildman–Crippen MR) is 67.0 cm³/mol. The minimum Gasteiger partial charge on any atom is -0.454 e. The number of fused-ring (bicyclic) bond motifs is 1. The van der Waals surface area contributed by atoms with Crippen LogP contribution in [0, 0.1) is 0 Å². The van der Waals surface area contributed by atoms with Crippen molar-refractivity contribution in [2.75, 3.05) is 13.4 Å². The number of carbonyl (C=O) groups is 1. The number of rotatable bonds is 1. The van der Waals surface area contributed by atoms with E-state index in [0.29, 0.717) is 11.5 Å². The second-order valence-corrected chi connectivity index (χ2v) is 4.55. The van der Waals surface area contributed by atoms with E-state index in [1.165, 1.54) is 12.1 Å². The highest BCUT2D eigenvalue weighted by molar-refractivity contribution is 6.31. The number of nitrogens with one attached hydrogen (secondary N) is 1. The molecule has 1 fully saturated rings. The van der Waals surface area contributed by atoms with Crippen LogP contribution in [0.1, 0.15) is 11.6 Å². The summed E-state index contributed by atoms with van der Waals surface area (Å²) in [5.41, 5.74) is 0.0626. The Morgan fingerprint density at radius 3 is 2.60 bits per heavy atom. The molecule has 0 aliphatic carbocycles. The molecular weight excluding hydrogens is 319 g/mol. The van der Waals surface area contributed by atoms with E-state index in [0.717, 1.165) is 0 Å². The largest absolute Gasteiger partial charge is 0.454 e. The third-order valence-corrected chi connectivity index (χ3v) is 3.21. The van der Waals surface area contributed by atoms with Gasteiger partial charge in [0.2, 0.25) is 6.79 Å². The second-order valence-electron chi connectivity index (χ2n) is 4.14. The maximum absolute atomic E-state index is 13.8. The molecule has 0 unspecified atom stereocenters. The number of hydrogen-bond donors (Lipinski definition) is 1. The summed E-state index contributed by atoms with van der Waals surface area (Å²) in [5, 5.41) is 2.13. The summed E-state index contributed by atoms with van der Waals surface area (Å²) in [6.07, 6.45) is -0.912. The normalized spacial score (nSPS) is 22.6. The van der Waals surface area contributed by atoms with E-state index in [1.807, 2.05) is 0 Å². The third-order valence-electron chi connectivity index (χ3n) is 2.88. The van der Waals surface area contributed by atoms with Crippen LogP contribution in [0.25, 0.3) is 0 Å². The Kier molecular flexibility index (Phi) is 3.84. The van der Waals surface area contributed by atoms with Gasteiger partial charge < -0.3 is 19.5 Å². The van der Waals surface area contributed by atoms with Gasteiger partial charge in [0, 0.05) is 11.6 Å². The number of cyclic esters (lactones) is 1. The first kappa shape index (κ1) is 14.9. The van der Waals surface area contributed by atoms with Gasteiger partial charge in [0.25, 0.3) is 0 Å². The van der Waals surface area contributed by atoms with Crippen LogP contribution in [0.5, 0.6) is 11.5 Å².